The van der Waals surface area contributed by atoms with E-state index in [1.807, 2.05) is 0 Å². The molecule has 0 aliphatic rings. The van der Waals surface area contributed by atoms with E-state index in [0.29, 0.717) is 0 Å². The third kappa shape index (κ3) is 3.13. The Morgan fingerprint density at radius 1 is 1.65 bits per heavy atom. The summed E-state index contributed by atoms with van der Waals surface area (Å²) in [7, 11) is 0. The zero-order valence-corrected chi connectivity index (χ0v) is 9.01. The lowest BCUT2D eigenvalue weighted by Gasteiger charge is -2.13. The number of nitrogens with zero attached hydrogens (tertiary/aromatic N) is 1. The van der Waals surface area contributed by atoms with Gasteiger partial charge in [0.25, 0.3) is 5.69 Å². The van der Waals surface area contributed by atoms with Crippen molar-refractivity contribution in [3.63, 3.8) is 0 Å². The van der Waals surface area contributed by atoms with Gasteiger partial charge in [-0.15, -0.1) is 0 Å². The topological polar surface area (TPSA) is 92.5 Å². The Balaban J connectivity index is 2.93. The molecule has 0 bridgehead atoms. The molecule has 0 saturated carbocycles. The summed E-state index contributed by atoms with van der Waals surface area (Å²) in [4.78, 5) is 20.4. The number of nitro groups is 1. The summed E-state index contributed by atoms with van der Waals surface area (Å²) in [6, 6.07) is 2.08. The summed E-state index contributed by atoms with van der Waals surface area (Å²) in [5.41, 5.74) is -0.443. The lowest BCUT2D eigenvalue weighted by Crippen LogP contribution is -2.28. The van der Waals surface area contributed by atoms with Crippen molar-refractivity contribution in [1.82, 2.24) is 0 Å². The number of nitrogens with one attached hydrogen (secondary N) is 1. The second-order valence-corrected chi connectivity index (χ2v) is 3.36. The average Bonchev–Trinajstić information content (AvgIpc) is 2.26. The van der Waals surface area contributed by atoms with E-state index < -0.39 is 22.8 Å². The van der Waals surface area contributed by atoms with Crippen LogP contribution >= 0.6 is 0 Å². The highest BCUT2D eigenvalue weighted by molar-refractivity contribution is 5.77. The van der Waals surface area contributed by atoms with Crippen LogP contribution in [0.25, 0.3) is 0 Å². The monoisotopic (exact) mass is 242 g/mol. The van der Waals surface area contributed by atoms with Crippen LogP contribution in [0.5, 0.6) is 0 Å². The molecule has 7 heteroatoms. The van der Waals surface area contributed by atoms with Crippen molar-refractivity contribution in [3.8, 4) is 0 Å². The number of nitro benzene ring substituents is 1. The Hall–Kier alpha value is -2.18. The van der Waals surface area contributed by atoms with E-state index in [4.69, 9.17) is 5.11 Å². The number of halogens is 1. The molecule has 0 aliphatic heterocycles. The molecule has 0 spiro atoms. The molecule has 0 radical (unpaired) electrons. The Morgan fingerprint density at radius 2 is 2.29 bits per heavy atom. The second kappa shape index (κ2) is 5.24. The molecule has 0 heterocycles. The summed E-state index contributed by atoms with van der Waals surface area (Å²) in [6.07, 6.45) is 0.270. The molecule has 0 aliphatic carbocycles. The number of non-ortho nitro benzene ring substituents is 1. The SMILES string of the molecule is CCC(Nc1ccc([N+](=O)[O-])cc1F)C(=O)O. The van der Waals surface area contributed by atoms with Crippen molar-refractivity contribution in [3.05, 3.63) is 34.1 Å². The third-order valence-electron chi connectivity index (χ3n) is 2.20. The highest BCUT2D eigenvalue weighted by Gasteiger charge is 2.17. The molecule has 1 unspecified atom stereocenters. The molecule has 1 rings (SSSR count). The Bertz CT molecular complexity index is 450. The molecule has 6 nitrogen and oxygen atoms in total. The zero-order chi connectivity index (χ0) is 13.0. The van der Waals surface area contributed by atoms with Gasteiger partial charge in [-0.3, -0.25) is 10.1 Å². The number of carbonyl (C=O) groups is 1. The van der Waals surface area contributed by atoms with Gasteiger partial charge in [-0.1, -0.05) is 6.92 Å². The van der Waals surface area contributed by atoms with E-state index in [1.54, 1.807) is 6.92 Å². The fourth-order valence-electron chi connectivity index (χ4n) is 1.26. The minimum Gasteiger partial charge on any atom is -0.480 e. The summed E-state index contributed by atoms with van der Waals surface area (Å²) >= 11 is 0. The molecule has 17 heavy (non-hydrogen) atoms. The largest absolute Gasteiger partial charge is 0.480 e. The number of hydrogen-bond acceptors (Lipinski definition) is 4. The third-order valence-corrected chi connectivity index (χ3v) is 2.20. The van der Waals surface area contributed by atoms with E-state index in [1.165, 1.54) is 0 Å². The summed E-state index contributed by atoms with van der Waals surface area (Å²) in [5, 5.41) is 21.6. The van der Waals surface area contributed by atoms with Crippen LogP contribution < -0.4 is 5.32 Å². The molecule has 92 valence electrons. The number of carboxylic acid groups (broad SMARTS) is 1. The first kappa shape index (κ1) is 12.9. The Morgan fingerprint density at radius 3 is 2.71 bits per heavy atom. The standard InChI is InChI=1S/C10H11FN2O4/c1-2-8(10(14)15)12-9-4-3-6(13(16)17)5-7(9)11/h3-5,8,12H,2H2,1H3,(H,14,15). The summed E-state index contributed by atoms with van der Waals surface area (Å²) < 4.78 is 13.4. The lowest BCUT2D eigenvalue weighted by molar-refractivity contribution is -0.385. The molecule has 1 aromatic rings. The number of carboxylic acids is 1. The first-order valence-corrected chi connectivity index (χ1v) is 4.89. The smallest absolute Gasteiger partial charge is 0.326 e. The Labute approximate surface area is 96.2 Å². The van der Waals surface area contributed by atoms with Crippen molar-refractivity contribution in [2.45, 2.75) is 19.4 Å². The molecule has 0 amide bonds. The predicted molar refractivity (Wildman–Crippen MR) is 58.4 cm³/mol. The predicted octanol–water partition coefficient (Wildman–Crippen LogP) is 2.01. The van der Waals surface area contributed by atoms with Gasteiger partial charge in [0, 0.05) is 6.07 Å². The van der Waals surface area contributed by atoms with E-state index in [0.717, 1.165) is 18.2 Å². The highest BCUT2D eigenvalue weighted by atomic mass is 19.1. The molecule has 1 aromatic carbocycles. The average molecular weight is 242 g/mol. The van der Waals surface area contributed by atoms with Gasteiger partial charge in [0.2, 0.25) is 0 Å². The van der Waals surface area contributed by atoms with Gasteiger partial charge in [-0.2, -0.15) is 0 Å². The van der Waals surface area contributed by atoms with Gasteiger partial charge in [-0.25, -0.2) is 9.18 Å². The Kier molecular flexibility index (Phi) is 3.97. The summed E-state index contributed by atoms with van der Waals surface area (Å²) in [6.45, 7) is 1.63. The molecular weight excluding hydrogens is 231 g/mol. The van der Waals surface area contributed by atoms with Crippen LogP contribution in [0, 0.1) is 15.9 Å². The maximum absolute atomic E-state index is 13.4. The van der Waals surface area contributed by atoms with E-state index in [9.17, 15) is 19.3 Å². The van der Waals surface area contributed by atoms with Crippen LogP contribution in [0.1, 0.15) is 13.3 Å². The van der Waals surface area contributed by atoms with Crippen LogP contribution in [0.3, 0.4) is 0 Å². The van der Waals surface area contributed by atoms with Crippen molar-refractivity contribution in [1.29, 1.82) is 0 Å². The van der Waals surface area contributed by atoms with E-state index >= 15 is 0 Å². The zero-order valence-electron chi connectivity index (χ0n) is 9.01. The van der Waals surface area contributed by atoms with E-state index in [2.05, 4.69) is 5.32 Å². The number of benzene rings is 1. The van der Waals surface area contributed by atoms with E-state index in [-0.39, 0.29) is 17.8 Å². The molecule has 0 aromatic heterocycles. The number of hydrogen-bond donors (Lipinski definition) is 2. The van der Waals surface area contributed by atoms with Gasteiger partial charge >= 0.3 is 5.97 Å². The van der Waals surface area contributed by atoms with Gasteiger partial charge < -0.3 is 10.4 Å². The maximum atomic E-state index is 13.4. The van der Waals surface area contributed by atoms with Gasteiger partial charge in [0.1, 0.15) is 6.04 Å². The van der Waals surface area contributed by atoms with Crippen molar-refractivity contribution >= 4 is 17.3 Å². The van der Waals surface area contributed by atoms with Crippen molar-refractivity contribution in [2.75, 3.05) is 5.32 Å². The minimum atomic E-state index is -1.11. The number of aliphatic carboxylic acids is 1. The van der Waals surface area contributed by atoms with Crippen LogP contribution in [0.4, 0.5) is 15.8 Å². The minimum absolute atomic E-state index is 0.0650. The van der Waals surface area contributed by atoms with Crippen LogP contribution in [0.2, 0.25) is 0 Å². The fraction of sp³-hybridized carbons (Fsp3) is 0.300. The second-order valence-electron chi connectivity index (χ2n) is 3.36. The molecular formula is C10H11FN2O4. The molecule has 0 saturated heterocycles. The molecule has 1 atom stereocenters. The van der Waals surface area contributed by atoms with Crippen molar-refractivity contribution in [2.24, 2.45) is 0 Å². The first-order chi connectivity index (χ1) is 7.95. The molecule has 0 fully saturated rings. The van der Waals surface area contributed by atoms with Gasteiger partial charge in [0.05, 0.1) is 16.7 Å². The van der Waals surface area contributed by atoms with Crippen molar-refractivity contribution < 1.29 is 19.2 Å². The number of anilines is 1. The van der Waals surface area contributed by atoms with Crippen LogP contribution in [-0.4, -0.2) is 22.0 Å². The quantitative estimate of drug-likeness (QED) is 0.608. The van der Waals surface area contributed by atoms with Gasteiger partial charge in [-0.05, 0) is 12.5 Å². The van der Waals surface area contributed by atoms with Crippen LogP contribution in [0.15, 0.2) is 18.2 Å². The van der Waals surface area contributed by atoms with Gasteiger partial charge in [0.15, 0.2) is 5.82 Å². The maximum Gasteiger partial charge on any atom is 0.326 e. The fourth-order valence-corrected chi connectivity index (χ4v) is 1.26. The first-order valence-electron chi connectivity index (χ1n) is 4.89. The normalized spacial score (nSPS) is 11.9. The van der Waals surface area contributed by atoms with Crippen LogP contribution in [-0.2, 0) is 4.79 Å². The highest BCUT2D eigenvalue weighted by Crippen LogP contribution is 2.21. The lowest BCUT2D eigenvalue weighted by atomic mass is 10.2. The number of rotatable bonds is 5. The molecule has 2 N–H and O–H groups in total. The summed E-state index contributed by atoms with van der Waals surface area (Å²) in [5.74, 6) is -1.95.